The average molecular weight is 658 g/mol. The van der Waals surface area contributed by atoms with Gasteiger partial charge in [-0.25, -0.2) is 4.79 Å². The molecule has 1 amide bonds. The summed E-state index contributed by atoms with van der Waals surface area (Å²) in [6.07, 6.45) is 3.87. The number of carbonyl (C=O) groups is 3. The molecular weight excluding hydrogens is 618 g/mol. The van der Waals surface area contributed by atoms with Crippen molar-refractivity contribution >= 4 is 31.6 Å². The van der Waals surface area contributed by atoms with Crippen LogP contribution < -0.4 is 19.1 Å². The number of hydrogen-bond acceptors (Lipinski definition) is 9. The minimum absolute atomic E-state index is 0.0734. The molecule has 0 radical (unpaired) electrons. The number of ketones is 1. The molecule has 47 heavy (non-hydrogen) atoms. The Morgan fingerprint density at radius 1 is 1.00 bits per heavy atom. The molecule has 2 aromatic carbocycles. The molecule has 0 aliphatic carbocycles. The third-order valence-electron chi connectivity index (χ3n) is 7.49. The number of nitrogens with zero attached hydrogens (tertiary/aromatic N) is 1. The van der Waals surface area contributed by atoms with E-state index in [2.05, 4.69) is 49.5 Å². The lowest BCUT2D eigenvalue weighted by molar-refractivity contribution is -0.143. The van der Waals surface area contributed by atoms with Crippen LogP contribution >= 0.6 is 0 Å². The highest BCUT2D eigenvalue weighted by atomic mass is 28.3. The molecule has 2 aromatic rings. The minimum atomic E-state index is -1.67. The molecule has 2 heterocycles. The zero-order valence-electron chi connectivity index (χ0n) is 27.7. The number of fused-ring (bicyclic) bond motifs is 3. The summed E-state index contributed by atoms with van der Waals surface area (Å²) < 4.78 is 34.1. The summed E-state index contributed by atoms with van der Waals surface area (Å²) in [4.78, 5) is 40.5. The first-order chi connectivity index (χ1) is 22.3. The van der Waals surface area contributed by atoms with Crippen molar-refractivity contribution in [1.82, 2.24) is 0 Å². The summed E-state index contributed by atoms with van der Waals surface area (Å²) in [5.74, 6) is 9.56. The molecule has 1 saturated heterocycles. The molecule has 246 valence electrons. The van der Waals surface area contributed by atoms with E-state index in [1.165, 1.54) is 24.8 Å². The van der Waals surface area contributed by atoms with Gasteiger partial charge in [-0.2, -0.15) is 0 Å². The molecule has 4 rings (SSSR count). The lowest BCUT2D eigenvalue weighted by Crippen LogP contribution is -2.58. The average Bonchev–Trinajstić information content (AvgIpc) is 3.74. The van der Waals surface area contributed by atoms with E-state index < -0.39 is 43.2 Å². The second-order valence-corrected chi connectivity index (χ2v) is 16.7. The topological polar surface area (TPSA) is 113 Å². The van der Waals surface area contributed by atoms with Gasteiger partial charge in [0.05, 0.1) is 19.9 Å². The third kappa shape index (κ3) is 7.22. The van der Waals surface area contributed by atoms with Crippen molar-refractivity contribution in [1.29, 1.82) is 0 Å². The van der Waals surface area contributed by atoms with Crippen molar-refractivity contribution in [3.05, 3.63) is 72.3 Å². The van der Waals surface area contributed by atoms with Gasteiger partial charge in [-0.1, -0.05) is 56.1 Å². The Hall–Kier alpha value is -4.97. The van der Waals surface area contributed by atoms with Crippen molar-refractivity contribution in [3.63, 3.8) is 0 Å². The van der Waals surface area contributed by atoms with Crippen LogP contribution in [-0.2, 0) is 36.0 Å². The Morgan fingerprint density at radius 2 is 1.72 bits per heavy atom. The maximum Gasteiger partial charge on any atom is 0.415 e. The summed E-state index contributed by atoms with van der Waals surface area (Å²) in [6, 6.07) is 9.32. The summed E-state index contributed by atoms with van der Waals surface area (Å²) in [6.45, 7) is 12.4. The van der Waals surface area contributed by atoms with Gasteiger partial charge in [0.1, 0.15) is 39.7 Å². The fourth-order valence-electron chi connectivity index (χ4n) is 5.38. The molecule has 2 aliphatic rings. The van der Waals surface area contributed by atoms with Crippen molar-refractivity contribution in [2.45, 2.75) is 57.3 Å². The molecule has 0 saturated carbocycles. The Kier molecular flexibility index (Phi) is 10.5. The predicted octanol–water partition coefficient (Wildman–Crippen LogP) is 5.35. The number of epoxide rings is 1. The normalized spacial score (nSPS) is 20.7. The number of anilines is 1. The molecular formula is C36H39NO9Si. The van der Waals surface area contributed by atoms with Gasteiger partial charge < -0.3 is 28.4 Å². The highest BCUT2D eigenvalue weighted by Crippen LogP contribution is 2.65. The molecule has 0 unspecified atom stereocenters. The highest BCUT2D eigenvalue weighted by Gasteiger charge is 2.82. The highest BCUT2D eigenvalue weighted by molar-refractivity contribution is 6.83. The second kappa shape index (κ2) is 14.2. The van der Waals surface area contributed by atoms with Crippen molar-refractivity contribution < 1.29 is 42.8 Å². The van der Waals surface area contributed by atoms with Crippen LogP contribution in [-0.4, -0.2) is 65.0 Å². The van der Waals surface area contributed by atoms with Gasteiger partial charge in [-0.15, -0.1) is 5.54 Å². The van der Waals surface area contributed by atoms with Crippen molar-refractivity contribution in [2.24, 2.45) is 0 Å². The molecule has 0 N–H and O–H groups in total. The number of benzene rings is 2. The number of esters is 1. The first-order valence-electron chi connectivity index (χ1n) is 14.9. The molecule has 3 atom stereocenters. The SMILES string of the molecule is C=CCOC(=O)N1c2ccc(OCc3ccc(OC)c(OC)c3)cc2[C@@]2(COC(C)=O)O[C@@]2(C(C)=O)[C@@H]1C#C/C=C\C#C[Si](C)(C)C. The molecule has 1 fully saturated rings. The summed E-state index contributed by atoms with van der Waals surface area (Å²) >= 11 is 0. The standard InChI is InChI=1S/C36H39NO9Si/c1-9-19-43-34(40)37-30-17-16-28(44-23-27-15-18-31(41-4)32(21-27)42-5)22-29(30)35(24-45-26(3)39)36(46-35,25(2)38)33(37)14-12-10-11-13-20-47(6,7)8/h9-11,15-18,21-22,33H,1,19,23-24H2,2-8H3/b11-10-/t33-,35+,36-/m0/s1. The zero-order chi connectivity index (χ0) is 34.4. The summed E-state index contributed by atoms with van der Waals surface area (Å²) in [7, 11) is 1.51. The molecule has 0 aromatic heterocycles. The zero-order valence-corrected chi connectivity index (χ0v) is 28.7. The van der Waals surface area contributed by atoms with Crippen LogP contribution in [0.15, 0.2) is 61.2 Å². The molecule has 2 aliphatic heterocycles. The van der Waals surface area contributed by atoms with Crippen LogP contribution in [0.4, 0.5) is 10.5 Å². The molecule has 11 heteroatoms. The van der Waals surface area contributed by atoms with E-state index in [0.29, 0.717) is 28.5 Å². The van der Waals surface area contributed by atoms with Crippen LogP contribution in [0, 0.1) is 23.3 Å². The Morgan fingerprint density at radius 3 is 2.36 bits per heavy atom. The van der Waals surface area contributed by atoms with E-state index in [9.17, 15) is 14.4 Å². The fraction of sp³-hybridized carbons (Fsp3) is 0.361. The van der Waals surface area contributed by atoms with E-state index in [1.54, 1.807) is 56.7 Å². The van der Waals surface area contributed by atoms with Gasteiger partial charge in [-0.05, 0) is 55.0 Å². The van der Waals surface area contributed by atoms with E-state index in [4.69, 9.17) is 28.4 Å². The predicted molar refractivity (Wildman–Crippen MR) is 179 cm³/mol. The number of Topliss-reactive ketones (excluding diaryl/α,β-unsaturated/α-hetero) is 1. The lowest BCUT2D eigenvalue weighted by Gasteiger charge is -2.38. The van der Waals surface area contributed by atoms with E-state index in [1.807, 2.05) is 6.07 Å². The number of rotatable bonds is 10. The van der Waals surface area contributed by atoms with E-state index in [0.717, 1.165) is 5.56 Å². The fourth-order valence-corrected chi connectivity index (χ4v) is 5.90. The monoisotopic (exact) mass is 657 g/mol. The van der Waals surface area contributed by atoms with Gasteiger partial charge in [0.15, 0.2) is 28.5 Å². The van der Waals surface area contributed by atoms with Crippen LogP contribution in [0.1, 0.15) is 25.0 Å². The van der Waals surface area contributed by atoms with Crippen LogP contribution in [0.3, 0.4) is 0 Å². The summed E-state index contributed by atoms with van der Waals surface area (Å²) in [5.41, 5.74) is 1.69. The van der Waals surface area contributed by atoms with E-state index in [-0.39, 0.29) is 19.8 Å². The number of allylic oxidation sites excluding steroid dienone is 2. The lowest BCUT2D eigenvalue weighted by atomic mass is 9.74. The van der Waals surface area contributed by atoms with Gasteiger partial charge in [0, 0.05) is 12.5 Å². The number of ether oxygens (including phenoxy) is 6. The van der Waals surface area contributed by atoms with Crippen LogP contribution in [0.25, 0.3) is 0 Å². The van der Waals surface area contributed by atoms with Gasteiger partial charge in [-0.3, -0.25) is 14.5 Å². The summed E-state index contributed by atoms with van der Waals surface area (Å²) in [5, 5.41) is 0. The number of carbonyl (C=O) groups excluding carboxylic acids is 3. The number of methoxy groups -OCH3 is 2. The van der Waals surface area contributed by atoms with Crippen LogP contribution in [0.5, 0.6) is 17.2 Å². The van der Waals surface area contributed by atoms with Crippen LogP contribution in [0.2, 0.25) is 19.6 Å². The van der Waals surface area contributed by atoms with Gasteiger partial charge in [0.2, 0.25) is 0 Å². The quantitative estimate of drug-likeness (QED) is 0.110. The maximum atomic E-state index is 13.6. The first-order valence-corrected chi connectivity index (χ1v) is 18.4. The Balaban J connectivity index is 1.81. The molecule has 0 bridgehead atoms. The van der Waals surface area contributed by atoms with Crippen molar-refractivity contribution in [3.8, 4) is 40.6 Å². The maximum absolute atomic E-state index is 13.6. The largest absolute Gasteiger partial charge is 0.493 e. The van der Waals surface area contributed by atoms with Crippen molar-refractivity contribution in [2.75, 3.05) is 32.3 Å². The van der Waals surface area contributed by atoms with Gasteiger partial charge in [0.25, 0.3) is 0 Å². The molecule has 0 spiro atoms. The smallest absolute Gasteiger partial charge is 0.415 e. The second-order valence-electron chi connectivity index (χ2n) is 11.9. The molecule has 10 nitrogen and oxygen atoms in total. The first kappa shape index (κ1) is 34.9. The van der Waals surface area contributed by atoms with Gasteiger partial charge >= 0.3 is 12.1 Å². The Labute approximate surface area is 276 Å². The number of amides is 1. The number of hydrogen-bond donors (Lipinski definition) is 0. The minimum Gasteiger partial charge on any atom is -0.493 e. The Bertz CT molecular complexity index is 1720. The third-order valence-corrected chi connectivity index (χ3v) is 8.39. The van der Waals surface area contributed by atoms with E-state index >= 15 is 0 Å².